The fourth-order valence-corrected chi connectivity index (χ4v) is 5.42. The van der Waals surface area contributed by atoms with Crippen LogP contribution in [0, 0.1) is 29.1 Å². The van der Waals surface area contributed by atoms with Crippen LogP contribution in [0.25, 0.3) is 0 Å². The normalized spacial score (nSPS) is 47.0. The Morgan fingerprint density at radius 1 is 1.23 bits per heavy atom. The molecule has 1 N–H and O–H groups in total. The molecule has 4 heteroatoms. The van der Waals surface area contributed by atoms with Gasteiger partial charge in [-0.15, -0.1) is 5.41 Å². The zero-order valence-electron chi connectivity index (χ0n) is 13.6. The number of fused-ring (bicyclic) bond motifs is 4. The smallest absolute Gasteiger partial charge is 0.314 e. The molecule has 2 saturated carbocycles. The van der Waals surface area contributed by atoms with Gasteiger partial charge in [0, 0.05) is 38.6 Å². The number of aliphatic hydroxyl groups is 1. The molecule has 0 unspecified atom stereocenters. The third kappa shape index (κ3) is 2.30. The van der Waals surface area contributed by atoms with E-state index in [1.165, 1.54) is 12.0 Å². The van der Waals surface area contributed by atoms with E-state index in [2.05, 4.69) is 20.3 Å². The van der Waals surface area contributed by atoms with Crippen LogP contribution >= 0.6 is 0 Å². The molecular formula is C18H25O3Y-. The Hall–Kier alpha value is 0.274. The molecule has 4 rings (SSSR count). The van der Waals surface area contributed by atoms with Gasteiger partial charge >= 0.3 is 5.97 Å². The Bertz CT molecular complexity index is 528. The van der Waals surface area contributed by atoms with Crippen LogP contribution in [0.3, 0.4) is 0 Å². The molecule has 4 aliphatic rings. The summed E-state index contributed by atoms with van der Waals surface area (Å²) in [5.41, 5.74) is 1.53. The molecule has 0 aromatic carbocycles. The molecule has 1 heterocycles. The van der Waals surface area contributed by atoms with Crippen molar-refractivity contribution in [2.24, 2.45) is 22.7 Å². The second-order valence-electron chi connectivity index (χ2n) is 8.00. The van der Waals surface area contributed by atoms with Crippen molar-refractivity contribution in [1.82, 2.24) is 0 Å². The molecule has 3 aliphatic carbocycles. The van der Waals surface area contributed by atoms with Crippen LogP contribution < -0.4 is 0 Å². The number of rotatable bonds is 0. The first-order chi connectivity index (χ1) is 9.94. The van der Waals surface area contributed by atoms with Crippen LogP contribution in [0.4, 0.5) is 0 Å². The molecule has 3 fully saturated rings. The minimum Gasteiger partial charge on any atom is -0.431 e. The van der Waals surface area contributed by atoms with E-state index in [1.54, 1.807) is 0 Å². The summed E-state index contributed by atoms with van der Waals surface area (Å²) in [6.07, 6.45) is 8.88. The summed E-state index contributed by atoms with van der Waals surface area (Å²) in [6, 6.07) is 0. The first-order valence-electron chi connectivity index (χ1n) is 8.42. The van der Waals surface area contributed by atoms with Gasteiger partial charge in [0.25, 0.3) is 0 Å². The Morgan fingerprint density at radius 3 is 2.77 bits per heavy atom. The summed E-state index contributed by atoms with van der Waals surface area (Å²) in [5.74, 6) is 1.18. The molecule has 0 amide bonds. The summed E-state index contributed by atoms with van der Waals surface area (Å²) in [4.78, 5) is 12.5. The molecule has 1 aliphatic heterocycles. The number of ether oxygens (including phenoxy) is 1. The predicted molar refractivity (Wildman–Crippen MR) is 78.9 cm³/mol. The van der Waals surface area contributed by atoms with E-state index in [0.29, 0.717) is 12.3 Å². The van der Waals surface area contributed by atoms with Gasteiger partial charge in [0.1, 0.15) is 5.76 Å². The first-order valence-corrected chi connectivity index (χ1v) is 8.42. The summed E-state index contributed by atoms with van der Waals surface area (Å²) >= 11 is 0. The van der Waals surface area contributed by atoms with Crippen molar-refractivity contribution in [3.8, 4) is 0 Å². The number of carbonyl (C=O) groups excluding carboxylic acids is 1. The predicted octanol–water partition coefficient (Wildman–Crippen LogP) is 3.38. The third-order valence-corrected chi connectivity index (χ3v) is 6.86. The molecule has 0 bridgehead atoms. The van der Waals surface area contributed by atoms with E-state index in [-0.39, 0.29) is 61.5 Å². The van der Waals surface area contributed by atoms with Crippen molar-refractivity contribution in [2.45, 2.75) is 64.9 Å². The van der Waals surface area contributed by atoms with Crippen LogP contribution in [-0.2, 0) is 42.2 Å². The van der Waals surface area contributed by atoms with Crippen LogP contribution in [0.15, 0.2) is 11.3 Å². The van der Waals surface area contributed by atoms with Gasteiger partial charge in [0.15, 0.2) is 0 Å². The number of allylic oxidation sites excluding steroid dienone is 2. The summed E-state index contributed by atoms with van der Waals surface area (Å²) < 4.78 is 5.86. The fraction of sp³-hybridized carbons (Fsp3) is 0.778. The molecule has 3 nitrogen and oxygen atoms in total. The Labute approximate surface area is 158 Å². The van der Waals surface area contributed by atoms with Gasteiger partial charge in [0.2, 0.25) is 0 Å². The van der Waals surface area contributed by atoms with Crippen molar-refractivity contribution >= 4 is 5.97 Å². The van der Waals surface area contributed by atoms with Gasteiger partial charge in [-0.2, -0.15) is 6.42 Å². The topological polar surface area (TPSA) is 46.5 Å². The zero-order valence-corrected chi connectivity index (χ0v) is 16.4. The average molecular weight is 378 g/mol. The van der Waals surface area contributed by atoms with Crippen LogP contribution in [-0.4, -0.2) is 17.2 Å². The number of carbonyl (C=O) groups is 1. The van der Waals surface area contributed by atoms with Crippen molar-refractivity contribution in [1.29, 1.82) is 0 Å². The first kappa shape index (κ1) is 17.1. The number of aliphatic hydroxyl groups excluding tert-OH is 1. The fourth-order valence-electron chi connectivity index (χ4n) is 5.42. The summed E-state index contributed by atoms with van der Waals surface area (Å²) in [5, 5.41) is 9.94. The third-order valence-electron chi connectivity index (χ3n) is 6.86. The van der Waals surface area contributed by atoms with Crippen LogP contribution in [0.1, 0.15) is 58.8 Å². The molecule has 22 heavy (non-hydrogen) atoms. The van der Waals surface area contributed by atoms with Gasteiger partial charge in [-0.1, -0.05) is 32.3 Å². The van der Waals surface area contributed by atoms with Crippen LogP contribution in [0.5, 0.6) is 0 Å². The number of hydrogen-bond acceptors (Lipinski definition) is 3. The Kier molecular flexibility index (Phi) is 4.41. The van der Waals surface area contributed by atoms with E-state index in [1.807, 2.05) is 0 Å². The van der Waals surface area contributed by atoms with Crippen molar-refractivity contribution < 1.29 is 47.3 Å². The average Bonchev–Trinajstić information content (AvgIpc) is 2.83. The minimum atomic E-state index is -0.335. The largest absolute Gasteiger partial charge is 0.431 e. The standard InChI is InChI=1S/C18H25O3.Y/c1-17-7-3-4-12(17)15-13(6-8-17)18(2)9-5-11(19)10-14(18)16(20)21-15;/h7,11,13-14,19H,3-6,8-10H2,1-2H3;/q-1;/t11-,13-,14+,17-,18+;/m0./s1. The van der Waals surface area contributed by atoms with Gasteiger partial charge in [-0.05, 0) is 31.1 Å². The Morgan fingerprint density at radius 2 is 2.00 bits per heavy atom. The quantitative estimate of drug-likeness (QED) is 0.519. The second kappa shape index (κ2) is 5.67. The SMILES string of the molecule is C[C@]12CC[C@H](O)C[C@@H]1C(=O)OC1=C3CC[CH-][C@@]3(C)CC[C@@H]12.[Y]. The summed E-state index contributed by atoms with van der Waals surface area (Å²) in [7, 11) is 0. The van der Waals surface area contributed by atoms with E-state index < -0.39 is 0 Å². The molecule has 1 saturated heterocycles. The van der Waals surface area contributed by atoms with Crippen LogP contribution in [0.2, 0.25) is 0 Å². The number of esters is 1. The molecule has 0 spiro atoms. The molecule has 0 aromatic heterocycles. The zero-order chi connectivity index (χ0) is 14.8. The molecule has 5 atom stereocenters. The van der Waals surface area contributed by atoms with Crippen molar-refractivity contribution in [3.05, 3.63) is 17.8 Å². The maximum Gasteiger partial charge on any atom is 0.314 e. The molecular weight excluding hydrogens is 353 g/mol. The van der Waals surface area contributed by atoms with E-state index in [0.717, 1.165) is 37.9 Å². The molecule has 119 valence electrons. The van der Waals surface area contributed by atoms with Gasteiger partial charge in [0.05, 0.1) is 12.0 Å². The van der Waals surface area contributed by atoms with E-state index >= 15 is 0 Å². The maximum absolute atomic E-state index is 12.5. The summed E-state index contributed by atoms with van der Waals surface area (Å²) in [6.45, 7) is 4.56. The van der Waals surface area contributed by atoms with Crippen molar-refractivity contribution in [3.63, 3.8) is 0 Å². The van der Waals surface area contributed by atoms with Crippen molar-refractivity contribution in [2.75, 3.05) is 0 Å². The van der Waals surface area contributed by atoms with E-state index in [9.17, 15) is 9.90 Å². The minimum absolute atomic E-state index is 0. The number of hydrogen-bond donors (Lipinski definition) is 1. The Balaban J connectivity index is 0.00000144. The molecule has 0 aromatic rings. The van der Waals surface area contributed by atoms with Gasteiger partial charge < -0.3 is 16.3 Å². The molecule has 1 radical (unpaired) electrons. The monoisotopic (exact) mass is 378 g/mol. The van der Waals surface area contributed by atoms with E-state index in [4.69, 9.17) is 4.74 Å². The van der Waals surface area contributed by atoms with Gasteiger partial charge in [-0.3, -0.25) is 4.79 Å². The maximum atomic E-state index is 12.5. The second-order valence-corrected chi connectivity index (χ2v) is 8.00. The van der Waals surface area contributed by atoms with Gasteiger partial charge in [-0.25, -0.2) is 0 Å².